The van der Waals surface area contributed by atoms with Crippen LogP contribution in [-0.4, -0.2) is 24.9 Å². The van der Waals surface area contributed by atoms with Crippen LogP contribution in [0.15, 0.2) is 63.7 Å². The largest absolute Gasteiger partial charge is 0.465 e. The molecule has 2 aromatic carbocycles. The Bertz CT molecular complexity index is 886. The van der Waals surface area contributed by atoms with E-state index in [9.17, 15) is 9.59 Å². The molecule has 5 nitrogen and oxygen atoms in total. The van der Waals surface area contributed by atoms with Crippen LogP contribution in [0.3, 0.4) is 0 Å². The Morgan fingerprint density at radius 3 is 2.62 bits per heavy atom. The molecule has 0 unspecified atom stereocenters. The normalized spacial score (nSPS) is 15.2. The second-order valence-electron chi connectivity index (χ2n) is 4.89. The first-order chi connectivity index (χ1) is 11.6. The monoisotopic (exact) mass is 385 g/mol. The summed E-state index contributed by atoms with van der Waals surface area (Å²) in [6.07, 6.45) is 1.51. The highest BCUT2D eigenvalue weighted by Crippen LogP contribution is 2.24. The van der Waals surface area contributed by atoms with Gasteiger partial charge in [0.05, 0.1) is 18.2 Å². The van der Waals surface area contributed by atoms with Crippen molar-refractivity contribution >= 4 is 39.8 Å². The summed E-state index contributed by atoms with van der Waals surface area (Å²) >= 11 is 3.40. The number of benzene rings is 2. The number of hydrogen-bond acceptors (Lipinski definition) is 5. The summed E-state index contributed by atoms with van der Waals surface area (Å²) in [6, 6.07) is 14.1. The lowest BCUT2D eigenvalue weighted by Crippen LogP contribution is -2.06. The molecular formula is C18H12BrNO4. The van der Waals surface area contributed by atoms with Gasteiger partial charge in [0.25, 0.3) is 0 Å². The van der Waals surface area contributed by atoms with Gasteiger partial charge < -0.3 is 9.47 Å². The maximum absolute atomic E-state index is 12.1. The molecule has 24 heavy (non-hydrogen) atoms. The molecule has 120 valence electrons. The van der Waals surface area contributed by atoms with Crippen LogP contribution < -0.4 is 0 Å². The van der Waals surface area contributed by atoms with Gasteiger partial charge in [0.1, 0.15) is 0 Å². The second kappa shape index (κ2) is 6.80. The quantitative estimate of drug-likeness (QED) is 0.598. The number of halogens is 1. The van der Waals surface area contributed by atoms with Crippen molar-refractivity contribution < 1.29 is 19.1 Å². The average Bonchev–Trinajstić information content (AvgIpc) is 2.95. The molecule has 0 aliphatic carbocycles. The van der Waals surface area contributed by atoms with Crippen molar-refractivity contribution in [2.75, 3.05) is 7.11 Å². The van der Waals surface area contributed by atoms with E-state index in [-0.39, 0.29) is 11.6 Å². The van der Waals surface area contributed by atoms with E-state index in [0.717, 1.165) is 4.47 Å². The summed E-state index contributed by atoms with van der Waals surface area (Å²) in [5.74, 6) is -0.835. The molecule has 0 saturated heterocycles. The summed E-state index contributed by atoms with van der Waals surface area (Å²) < 4.78 is 10.8. The van der Waals surface area contributed by atoms with Crippen molar-refractivity contribution in [1.29, 1.82) is 0 Å². The highest BCUT2D eigenvalue weighted by molar-refractivity contribution is 9.10. The fourth-order valence-electron chi connectivity index (χ4n) is 2.23. The van der Waals surface area contributed by atoms with Crippen LogP contribution in [0.4, 0.5) is 0 Å². The maximum Gasteiger partial charge on any atom is 0.363 e. The van der Waals surface area contributed by atoms with Crippen LogP contribution in [0.2, 0.25) is 0 Å². The minimum Gasteiger partial charge on any atom is -0.465 e. The zero-order chi connectivity index (χ0) is 17.1. The molecule has 3 rings (SSSR count). The van der Waals surface area contributed by atoms with Gasteiger partial charge in [0.15, 0.2) is 5.70 Å². The van der Waals surface area contributed by atoms with E-state index in [1.165, 1.54) is 13.2 Å². The van der Waals surface area contributed by atoms with E-state index in [1.807, 2.05) is 18.2 Å². The summed E-state index contributed by atoms with van der Waals surface area (Å²) in [7, 11) is 1.30. The van der Waals surface area contributed by atoms with E-state index >= 15 is 0 Å². The number of cyclic esters (lactones) is 1. The molecule has 1 aliphatic heterocycles. The molecule has 0 amide bonds. The third-order valence-corrected chi connectivity index (χ3v) is 4.07. The lowest BCUT2D eigenvalue weighted by atomic mass is 10.1. The molecule has 1 heterocycles. The van der Waals surface area contributed by atoms with Gasteiger partial charge in [-0.05, 0) is 45.8 Å². The Labute approximate surface area is 146 Å². The molecule has 2 aromatic rings. The number of ether oxygens (including phenoxy) is 2. The zero-order valence-corrected chi connectivity index (χ0v) is 14.2. The van der Waals surface area contributed by atoms with Gasteiger partial charge in [-0.2, -0.15) is 0 Å². The molecule has 0 atom stereocenters. The van der Waals surface area contributed by atoms with Crippen LogP contribution in [0.1, 0.15) is 21.5 Å². The molecule has 0 bridgehead atoms. The van der Waals surface area contributed by atoms with Crippen LogP contribution >= 0.6 is 15.9 Å². The van der Waals surface area contributed by atoms with Gasteiger partial charge >= 0.3 is 11.9 Å². The number of carbonyl (C=O) groups is 2. The van der Waals surface area contributed by atoms with Crippen LogP contribution in [0, 0.1) is 0 Å². The molecule has 0 spiro atoms. The molecule has 0 fully saturated rings. The van der Waals surface area contributed by atoms with Crippen LogP contribution in [0.5, 0.6) is 0 Å². The fourth-order valence-corrected chi connectivity index (χ4v) is 2.68. The molecule has 1 aliphatic rings. The molecule has 0 aromatic heterocycles. The lowest BCUT2D eigenvalue weighted by Gasteiger charge is -2.03. The topological polar surface area (TPSA) is 65.0 Å². The molecule has 0 N–H and O–H groups in total. The molecule has 0 radical (unpaired) electrons. The average molecular weight is 386 g/mol. The van der Waals surface area contributed by atoms with Crippen molar-refractivity contribution in [3.8, 4) is 0 Å². The second-order valence-corrected chi connectivity index (χ2v) is 5.75. The molecular weight excluding hydrogens is 374 g/mol. The Hall–Kier alpha value is -2.73. The van der Waals surface area contributed by atoms with E-state index in [2.05, 4.69) is 20.9 Å². The predicted molar refractivity (Wildman–Crippen MR) is 92.5 cm³/mol. The Kier molecular flexibility index (Phi) is 4.57. The number of rotatable bonds is 3. The number of nitrogens with zero attached hydrogens (tertiary/aromatic N) is 1. The first-order valence-corrected chi connectivity index (χ1v) is 7.84. The Balaban J connectivity index is 2.01. The van der Waals surface area contributed by atoms with E-state index in [1.54, 1.807) is 30.3 Å². The lowest BCUT2D eigenvalue weighted by molar-refractivity contribution is -0.129. The van der Waals surface area contributed by atoms with Crippen molar-refractivity contribution in [2.45, 2.75) is 0 Å². The first-order valence-electron chi connectivity index (χ1n) is 7.05. The van der Waals surface area contributed by atoms with Gasteiger partial charge in [-0.1, -0.05) is 30.3 Å². The highest BCUT2D eigenvalue weighted by atomic mass is 79.9. The van der Waals surface area contributed by atoms with E-state index in [4.69, 9.17) is 9.47 Å². The smallest absolute Gasteiger partial charge is 0.363 e. The molecule has 0 saturated carbocycles. The highest BCUT2D eigenvalue weighted by Gasteiger charge is 2.26. The number of hydrogen-bond donors (Lipinski definition) is 0. The summed E-state index contributed by atoms with van der Waals surface area (Å²) in [5, 5.41) is 0. The van der Waals surface area contributed by atoms with Crippen molar-refractivity contribution in [3.63, 3.8) is 0 Å². The standard InChI is InChI=1S/C18H12BrNO4/c1-23-17(21)12-7-3-2-6-11(12)10-15-18(22)24-16(20-15)13-8-4-5-9-14(13)19/h2-10H,1H3/b15-10-. The van der Waals surface area contributed by atoms with Gasteiger partial charge in [-0.3, -0.25) is 0 Å². The van der Waals surface area contributed by atoms with Crippen molar-refractivity contribution in [3.05, 3.63) is 75.4 Å². The SMILES string of the molecule is COC(=O)c1ccccc1/C=C1\N=C(c2ccccc2Br)OC1=O. The van der Waals surface area contributed by atoms with Gasteiger partial charge in [-0.25, -0.2) is 14.6 Å². The summed E-state index contributed by atoms with van der Waals surface area (Å²) in [4.78, 5) is 28.1. The number of aliphatic imine (C=N–C) groups is 1. The fraction of sp³-hybridized carbons (Fsp3) is 0.0556. The summed E-state index contributed by atoms with van der Waals surface area (Å²) in [5.41, 5.74) is 1.69. The molecule has 6 heteroatoms. The maximum atomic E-state index is 12.1. The minimum absolute atomic E-state index is 0.122. The van der Waals surface area contributed by atoms with Crippen LogP contribution in [-0.2, 0) is 14.3 Å². The third kappa shape index (κ3) is 3.14. The van der Waals surface area contributed by atoms with Gasteiger partial charge in [0, 0.05) is 4.47 Å². The van der Waals surface area contributed by atoms with Crippen LogP contribution in [0.25, 0.3) is 6.08 Å². The van der Waals surface area contributed by atoms with Gasteiger partial charge in [-0.15, -0.1) is 0 Å². The Morgan fingerprint density at radius 2 is 1.88 bits per heavy atom. The van der Waals surface area contributed by atoms with Crippen molar-refractivity contribution in [2.24, 2.45) is 4.99 Å². The summed E-state index contributed by atoms with van der Waals surface area (Å²) in [6.45, 7) is 0. The van der Waals surface area contributed by atoms with E-state index in [0.29, 0.717) is 16.7 Å². The third-order valence-electron chi connectivity index (χ3n) is 3.38. The Morgan fingerprint density at radius 1 is 1.17 bits per heavy atom. The zero-order valence-electron chi connectivity index (χ0n) is 12.7. The van der Waals surface area contributed by atoms with E-state index < -0.39 is 11.9 Å². The number of esters is 2. The van der Waals surface area contributed by atoms with Crippen molar-refractivity contribution in [1.82, 2.24) is 0 Å². The predicted octanol–water partition coefficient (Wildman–Crippen LogP) is 3.58. The number of carbonyl (C=O) groups excluding carboxylic acids is 2. The first kappa shape index (κ1) is 16.1. The minimum atomic E-state index is -0.569. The number of methoxy groups -OCH3 is 1. The van der Waals surface area contributed by atoms with Gasteiger partial charge in [0.2, 0.25) is 5.90 Å².